The minimum absolute atomic E-state index is 0.0710. The van der Waals surface area contributed by atoms with E-state index in [0.717, 1.165) is 0 Å². The molecule has 0 atom stereocenters. The van der Waals surface area contributed by atoms with Gasteiger partial charge in [-0.3, -0.25) is 5.32 Å². The molecule has 0 saturated carbocycles. The molecule has 0 aliphatic rings. The number of hydrogen-bond donors (Lipinski definition) is 1. The monoisotopic (exact) mass is 303 g/mol. The molecule has 0 fully saturated rings. The first-order chi connectivity index (χ1) is 9.84. The molecule has 4 heteroatoms. The number of hydrogen-bond acceptors (Lipinski definition) is 2. The van der Waals surface area contributed by atoms with E-state index < -0.39 is 6.09 Å². The third-order valence-corrected chi connectivity index (χ3v) is 3.24. The van der Waals surface area contributed by atoms with E-state index in [2.05, 4.69) is 26.1 Å². The predicted octanol–water partition coefficient (Wildman–Crippen LogP) is 5.25. The summed E-state index contributed by atoms with van der Waals surface area (Å²) in [6, 6.07) is 14.4. The first-order valence-electron chi connectivity index (χ1n) is 6.69. The summed E-state index contributed by atoms with van der Waals surface area (Å²) in [7, 11) is 0. The Hall–Kier alpha value is -2.00. The highest BCUT2D eigenvalue weighted by atomic mass is 35.5. The van der Waals surface area contributed by atoms with Crippen LogP contribution in [0.5, 0.6) is 5.75 Å². The number of carbonyl (C=O) groups is 1. The lowest BCUT2D eigenvalue weighted by Gasteiger charge is -2.19. The Kier molecular flexibility index (Phi) is 4.53. The number of amides is 1. The van der Waals surface area contributed by atoms with Crippen molar-refractivity contribution >= 4 is 23.4 Å². The second-order valence-corrected chi connectivity index (χ2v) is 6.24. The normalized spacial score (nSPS) is 11.0. The Balaban J connectivity index is 2.00. The zero-order chi connectivity index (χ0) is 15.5. The van der Waals surface area contributed by atoms with Crippen LogP contribution in [-0.4, -0.2) is 6.09 Å². The summed E-state index contributed by atoms with van der Waals surface area (Å²) in [4.78, 5) is 11.8. The van der Waals surface area contributed by atoms with Crippen LogP contribution in [0.4, 0.5) is 10.5 Å². The van der Waals surface area contributed by atoms with Gasteiger partial charge in [-0.05, 0) is 41.3 Å². The molecule has 0 radical (unpaired) electrons. The van der Waals surface area contributed by atoms with Crippen molar-refractivity contribution in [1.82, 2.24) is 0 Å². The van der Waals surface area contributed by atoms with E-state index in [0.29, 0.717) is 16.5 Å². The van der Waals surface area contributed by atoms with E-state index in [9.17, 15) is 4.79 Å². The van der Waals surface area contributed by atoms with Gasteiger partial charge in [0.05, 0.1) is 0 Å². The molecule has 2 aromatic rings. The Bertz CT molecular complexity index is 630. The molecule has 2 rings (SSSR count). The van der Waals surface area contributed by atoms with Crippen LogP contribution >= 0.6 is 11.6 Å². The Morgan fingerprint density at radius 1 is 1.10 bits per heavy atom. The van der Waals surface area contributed by atoms with Gasteiger partial charge in [0, 0.05) is 10.7 Å². The number of nitrogens with one attached hydrogen (secondary N) is 1. The van der Waals surface area contributed by atoms with Crippen molar-refractivity contribution in [3.8, 4) is 5.75 Å². The lowest BCUT2D eigenvalue weighted by atomic mass is 9.87. The van der Waals surface area contributed by atoms with Gasteiger partial charge < -0.3 is 4.74 Å². The summed E-state index contributed by atoms with van der Waals surface area (Å²) < 4.78 is 5.23. The molecule has 1 amide bonds. The van der Waals surface area contributed by atoms with Crippen molar-refractivity contribution in [3.63, 3.8) is 0 Å². The molecular weight excluding hydrogens is 286 g/mol. The van der Waals surface area contributed by atoms with Gasteiger partial charge in [-0.25, -0.2) is 4.79 Å². The molecule has 2 aromatic carbocycles. The summed E-state index contributed by atoms with van der Waals surface area (Å²) >= 11 is 5.86. The smallest absolute Gasteiger partial charge is 0.410 e. The van der Waals surface area contributed by atoms with Gasteiger partial charge in [-0.1, -0.05) is 50.6 Å². The van der Waals surface area contributed by atoms with Crippen molar-refractivity contribution in [2.24, 2.45) is 0 Å². The summed E-state index contributed by atoms with van der Waals surface area (Å²) in [5.41, 5.74) is 1.85. The number of carbonyl (C=O) groups excluding carboxylic acids is 1. The average molecular weight is 304 g/mol. The number of benzene rings is 2. The van der Waals surface area contributed by atoms with Crippen molar-refractivity contribution < 1.29 is 9.53 Å². The van der Waals surface area contributed by atoms with Gasteiger partial charge in [0.1, 0.15) is 5.75 Å². The first kappa shape index (κ1) is 15.4. The largest absolute Gasteiger partial charge is 0.417 e. The number of halogens is 1. The molecule has 0 saturated heterocycles. The minimum atomic E-state index is -0.541. The lowest BCUT2D eigenvalue weighted by molar-refractivity contribution is 0.215. The Morgan fingerprint density at radius 3 is 2.33 bits per heavy atom. The van der Waals surface area contributed by atoms with Gasteiger partial charge in [-0.2, -0.15) is 0 Å². The highest BCUT2D eigenvalue weighted by molar-refractivity contribution is 6.30. The summed E-state index contributed by atoms with van der Waals surface area (Å²) in [5.74, 6) is 0.502. The molecule has 0 heterocycles. The summed E-state index contributed by atoms with van der Waals surface area (Å²) in [6.07, 6.45) is -0.541. The zero-order valence-corrected chi connectivity index (χ0v) is 13.1. The van der Waals surface area contributed by atoms with E-state index in [1.807, 2.05) is 12.1 Å². The van der Waals surface area contributed by atoms with Crippen molar-refractivity contribution in [2.45, 2.75) is 26.2 Å². The van der Waals surface area contributed by atoms with Crippen LogP contribution in [0.3, 0.4) is 0 Å². The molecule has 3 nitrogen and oxygen atoms in total. The van der Waals surface area contributed by atoms with Crippen LogP contribution in [0.15, 0.2) is 48.5 Å². The number of ether oxygens (including phenoxy) is 1. The third kappa shape index (κ3) is 4.50. The molecule has 0 aliphatic carbocycles. The predicted molar refractivity (Wildman–Crippen MR) is 86.2 cm³/mol. The molecule has 1 N–H and O–H groups in total. The fourth-order valence-corrected chi connectivity index (χ4v) is 2.03. The standard InChI is InChI=1S/C17H18ClNO2/c1-17(2,3)12-7-9-15(10-8-12)21-16(20)19-14-6-4-5-13(18)11-14/h4-11H,1-3H3,(H,19,20). The van der Waals surface area contributed by atoms with E-state index in [1.165, 1.54) is 5.56 Å². The maximum absolute atomic E-state index is 11.8. The van der Waals surface area contributed by atoms with E-state index in [1.54, 1.807) is 36.4 Å². The van der Waals surface area contributed by atoms with Crippen molar-refractivity contribution in [1.29, 1.82) is 0 Å². The molecule has 0 bridgehead atoms. The van der Waals surface area contributed by atoms with Crippen LogP contribution in [0.25, 0.3) is 0 Å². The van der Waals surface area contributed by atoms with Gasteiger partial charge in [0.15, 0.2) is 0 Å². The molecule has 0 spiro atoms. The Morgan fingerprint density at radius 2 is 1.76 bits per heavy atom. The fourth-order valence-electron chi connectivity index (χ4n) is 1.84. The topological polar surface area (TPSA) is 38.3 Å². The molecule has 0 aliphatic heterocycles. The number of anilines is 1. The maximum atomic E-state index is 11.8. The van der Waals surface area contributed by atoms with Gasteiger partial charge in [-0.15, -0.1) is 0 Å². The van der Waals surface area contributed by atoms with Crippen molar-refractivity contribution in [2.75, 3.05) is 5.32 Å². The van der Waals surface area contributed by atoms with Crippen molar-refractivity contribution in [3.05, 3.63) is 59.1 Å². The maximum Gasteiger partial charge on any atom is 0.417 e. The van der Waals surface area contributed by atoms with Gasteiger partial charge in [0.2, 0.25) is 0 Å². The van der Waals surface area contributed by atoms with Gasteiger partial charge >= 0.3 is 6.09 Å². The van der Waals surface area contributed by atoms with Crippen LogP contribution in [0.2, 0.25) is 5.02 Å². The zero-order valence-electron chi connectivity index (χ0n) is 12.3. The van der Waals surface area contributed by atoms with Crippen LogP contribution < -0.4 is 10.1 Å². The third-order valence-electron chi connectivity index (χ3n) is 3.00. The number of rotatable bonds is 2. The Labute approximate surface area is 129 Å². The molecular formula is C17H18ClNO2. The van der Waals surface area contributed by atoms with E-state index in [-0.39, 0.29) is 5.41 Å². The van der Waals surface area contributed by atoms with Gasteiger partial charge in [0.25, 0.3) is 0 Å². The van der Waals surface area contributed by atoms with E-state index >= 15 is 0 Å². The van der Waals surface area contributed by atoms with Crippen LogP contribution in [0.1, 0.15) is 26.3 Å². The quantitative estimate of drug-likeness (QED) is 0.823. The summed E-state index contributed by atoms with van der Waals surface area (Å²) in [6.45, 7) is 6.40. The highest BCUT2D eigenvalue weighted by Gasteiger charge is 2.13. The molecule has 21 heavy (non-hydrogen) atoms. The second kappa shape index (κ2) is 6.19. The lowest BCUT2D eigenvalue weighted by Crippen LogP contribution is -2.17. The molecule has 0 unspecified atom stereocenters. The SMILES string of the molecule is CC(C)(C)c1ccc(OC(=O)Nc2cccc(Cl)c2)cc1. The molecule has 0 aromatic heterocycles. The van der Waals surface area contributed by atoms with E-state index in [4.69, 9.17) is 16.3 Å². The molecule has 110 valence electrons. The average Bonchev–Trinajstić information content (AvgIpc) is 2.38. The summed E-state index contributed by atoms with van der Waals surface area (Å²) in [5, 5.41) is 3.19. The highest BCUT2D eigenvalue weighted by Crippen LogP contribution is 2.24. The second-order valence-electron chi connectivity index (χ2n) is 5.80. The minimum Gasteiger partial charge on any atom is -0.410 e. The van der Waals surface area contributed by atoms with Crippen LogP contribution in [0, 0.1) is 0 Å². The first-order valence-corrected chi connectivity index (χ1v) is 7.07. The van der Waals surface area contributed by atoms with Crippen LogP contribution in [-0.2, 0) is 5.41 Å². The fraction of sp³-hybridized carbons (Fsp3) is 0.235.